The molecule has 26 heavy (non-hydrogen) atoms. The molecular weight excluding hydrogens is 332 g/mol. The molecule has 4 rings (SSSR count). The van der Waals surface area contributed by atoms with Crippen molar-refractivity contribution in [3.05, 3.63) is 29.7 Å². The van der Waals surface area contributed by atoms with Gasteiger partial charge in [-0.05, 0) is 45.2 Å². The van der Waals surface area contributed by atoms with Gasteiger partial charge in [0.05, 0.1) is 12.2 Å². The zero-order valence-corrected chi connectivity index (χ0v) is 15.2. The zero-order chi connectivity index (χ0) is 17.9. The van der Waals surface area contributed by atoms with Crippen LogP contribution in [0.3, 0.4) is 0 Å². The van der Waals surface area contributed by atoms with Crippen molar-refractivity contribution in [2.24, 2.45) is 0 Å². The van der Waals surface area contributed by atoms with Crippen LogP contribution in [0.25, 0.3) is 0 Å². The minimum absolute atomic E-state index is 0.0155. The molecule has 2 aromatic heterocycles. The number of aromatic nitrogens is 4. The Hall–Kier alpha value is -2.22. The molecule has 0 spiro atoms. The standard InChI is InChI=1S/C18H26N6O2/c1-2-23(11-16-20-18(26-22-16)13-5-6-13)17(25)12-24-9-7-15(21-24)14-4-3-8-19-10-14/h7,9,13-14,19H,2-6,8,10-12H2,1H3. The van der Waals surface area contributed by atoms with Gasteiger partial charge in [-0.2, -0.15) is 10.1 Å². The number of likely N-dealkylation sites (N-methyl/N-ethyl adjacent to an activating group) is 1. The zero-order valence-electron chi connectivity index (χ0n) is 15.2. The fourth-order valence-electron chi connectivity index (χ4n) is 3.40. The van der Waals surface area contributed by atoms with Gasteiger partial charge in [0.2, 0.25) is 11.8 Å². The highest BCUT2D eigenvalue weighted by molar-refractivity contribution is 5.75. The summed E-state index contributed by atoms with van der Waals surface area (Å²) in [6.45, 7) is 5.23. The highest BCUT2D eigenvalue weighted by Crippen LogP contribution is 2.38. The normalized spacial score (nSPS) is 20.3. The summed E-state index contributed by atoms with van der Waals surface area (Å²) < 4.78 is 7.02. The van der Waals surface area contributed by atoms with Crippen molar-refractivity contribution < 1.29 is 9.32 Å². The number of rotatable bonds is 7. The van der Waals surface area contributed by atoms with Gasteiger partial charge >= 0.3 is 0 Å². The van der Waals surface area contributed by atoms with E-state index in [1.54, 1.807) is 9.58 Å². The molecule has 1 amide bonds. The van der Waals surface area contributed by atoms with Crippen molar-refractivity contribution in [3.63, 3.8) is 0 Å². The summed E-state index contributed by atoms with van der Waals surface area (Å²) in [4.78, 5) is 18.8. The molecule has 1 atom stereocenters. The molecule has 1 aliphatic heterocycles. The molecule has 2 aromatic rings. The molecule has 1 saturated heterocycles. The summed E-state index contributed by atoms with van der Waals surface area (Å²) in [5.74, 6) is 2.18. The fourth-order valence-corrected chi connectivity index (χ4v) is 3.40. The van der Waals surface area contributed by atoms with Crippen LogP contribution in [0.1, 0.15) is 61.9 Å². The maximum Gasteiger partial charge on any atom is 0.244 e. The summed E-state index contributed by atoms with van der Waals surface area (Å²) in [7, 11) is 0. The molecule has 1 unspecified atom stereocenters. The first-order chi connectivity index (χ1) is 12.7. The summed E-state index contributed by atoms with van der Waals surface area (Å²) >= 11 is 0. The van der Waals surface area contributed by atoms with E-state index < -0.39 is 0 Å². The molecule has 0 aromatic carbocycles. The second kappa shape index (κ2) is 7.57. The van der Waals surface area contributed by atoms with E-state index in [4.69, 9.17) is 4.52 Å². The molecule has 1 N–H and O–H groups in total. The Bertz CT molecular complexity index is 744. The highest BCUT2D eigenvalue weighted by atomic mass is 16.5. The summed E-state index contributed by atoms with van der Waals surface area (Å²) in [6, 6.07) is 2.03. The monoisotopic (exact) mass is 358 g/mol. The van der Waals surface area contributed by atoms with Gasteiger partial charge in [-0.25, -0.2) is 0 Å². The predicted molar refractivity (Wildman–Crippen MR) is 94.4 cm³/mol. The molecule has 2 aliphatic rings. The van der Waals surface area contributed by atoms with Crippen molar-refractivity contribution in [2.75, 3.05) is 19.6 Å². The van der Waals surface area contributed by atoms with Gasteiger partial charge in [-0.1, -0.05) is 5.16 Å². The summed E-state index contributed by atoms with van der Waals surface area (Å²) in [6.07, 6.45) is 6.47. The molecule has 8 nitrogen and oxygen atoms in total. The summed E-state index contributed by atoms with van der Waals surface area (Å²) in [5.41, 5.74) is 1.07. The summed E-state index contributed by atoms with van der Waals surface area (Å²) in [5, 5.41) is 12.0. The molecule has 0 radical (unpaired) electrons. The molecule has 8 heteroatoms. The number of amides is 1. The van der Waals surface area contributed by atoms with Crippen molar-refractivity contribution in [1.82, 2.24) is 30.1 Å². The van der Waals surface area contributed by atoms with E-state index in [0.29, 0.717) is 36.6 Å². The van der Waals surface area contributed by atoms with Crippen LogP contribution in [0.5, 0.6) is 0 Å². The van der Waals surface area contributed by atoms with Crippen LogP contribution < -0.4 is 5.32 Å². The lowest BCUT2D eigenvalue weighted by Crippen LogP contribution is -2.34. The molecule has 3 heterocycles. The Morgan fingerprint density at radius 2 is 2.27 bits per heavy atom. The Kier molecular flexibility index (Phi) is 5.01. The van der Waals surface area contributed by atoms with Crippen LogP contribution in [0.2, 0.25) is 0 Å². The first kappa shape index (κ1) is 17.2. The minimum Gasteiger partial charge on any atom is -0.339 e. The van der Waals surface area contributed by atoms with Crippen LogP contribution in [0, 0.1) is 0 Å². The van der Waals surface area contributed by atoms with Gasteiger partial charge < -0.3 is 14.7 Å². The van der Waals surface area contributed by atoms with Gasteiger partial charge in [0.15, 0.2) is 5.82 Å². The average molecular weight is 358 g/mol. The van der Waals surface area contributed by atoms with E-state index in [0.717, 1.165) is 38.0 Å². The molecule has 140 valence electrons. The second-order valence-corrected chi connectivity index (χ2v) is 7.21. The first-order valence-corrected chi connectivity index (χ1v) is 9.57. The molecular formula is C18H26N6O2. The Morgan fingerprint density at radius 1 is 1.38 bits per heavy atom. The van der Waals surface area contributed by atoms with Crippen LogP contribution in [-0.4, -0.2) is 50.4 Å². The van der Waals surface area contributed by atoms with Gasteiger partial charge in [0.25, 0.3) is 0 Å². The van der Waals surface area contributed by atoms with Gasteiger partial charge in [0, 0.05) is 31.1 Å². The second-order valence-electron chi connectivity index (χ2n) is 7.21. The largest absolute Gasteiger partial charge is 0.339 e. The average Bonchev–Trinajstić information content (AvgIpc) is 3.23. The lowest BCUT2D eigenvalue weighted by molar-refractivity contribution is -0.132. The molecule has 2 fully saturated rings. The Balaban J connectivity index is 1.35. The van der Waals surface area contributed by atoms with Crippen LogP contribution in [0.4, 0.5) is 0 Å². The third-order valence-electron chi connectivity index (χ3n) is 5.15. The van der Waals surface area contributed by atoms with E-state index in [9.17, 15) is 4.79 Å². The third kappa shape index (κ3) is 3.95. The molecule has 1 saturated carbocycles. The lowest BCUT2D eigenvalue weighted by atomic mass is 9.97. The smallest absolute Gasteiger partial charge is 0.244 e. The third-order valence-corrected chi connectivity index (χ3v) is 5.15. The number of piperidine rings is 1. The number of carbonyl (C=O) groups excluding carboxylic acids is 1. The number of hydrogen-bond acceptors (Lipinski definition) is 6. The fraction of sp³-hybridized carbons (Fsp3) is 0.667. The predicted octanol–water partition coefficient (Wildman–Crippen LogP) is 1.66. The van der Waals surface area contributed by atoms with E-state index in [1.165, 1.54) is 6.42 Å². The van der Waals surface area contributed by atoms with Gasteiger partial charge in [-0.3, -0.25) is 9.48 Å². The maximum atomic E-state index is 12.7. The molecule has 0 bridgehead atoms. The van der Waals surface area contributed by atoms with E-state index >= 15 is 0 Å². The number of carbonyl (C=O) groups is 1. The minimum atomic E-state index is 0.0155. The maximum absolute atomic E-state index is 12.7. The number of hydrogen-bond donors (Lipinski definition) is 1. The van der Waals surface area contributed by atoms with Crippen molar-refractivity contribution >= 4 is 5.91 Å². The Labute approximate surface area is 152 Å². The molecule has 1 aliphatic carbocycles. The SMILES string of the molecule is CCN(Cc1noc(C2CC2)n1)C(=O)Cn1ccc(C2CCCNC2)n1. The number of nitrogens with one attached hydrogen (secondary N) is 1. The number of nitrogens with zero attached hydrogens (tertiary/aromatic N) is 5. The van der Waals surface area contributed by atoms with Crippen molar-refractivity contribution in [3.8, 4) is 0 Å². The topological polar surface area (TPSA) is 89.1 Å². The van der Waals surface area contributed by atoms with Crippen LogP contribution >= 0.6 is 0 Å². The van der Waals surface area contributed by atoms with Crippen LogP contribution in [0.15, 0.2) is 16.8 Å². The van der Waals surface area contributed by atoms with E-state index in [-0.39, 0.29) is 12.5 Å². The van der Waals surface area contributed by atoms with E-state index in [1.807, 2.05) is 19.2 Å². The highest BCUT2D eigenvalue weighted by Gasteiger charge is 2.30. The van der Waals surface area contributed by atoms with Gasteiger partial charge in [0.1, 0.15) is 6.54 Å². The van der Waals surface area contributed by atoms with Crippen molar-refractivity contribution in [1.29, 1.82) is 0 Å². The first-order valence-electron chi connectivity index (χ1n) is 9.57. The van der Waals surface area contributed by atoms with E-state index in [2.05, 4.69) is 20.6 Å². The Morgan fingerprint density at radius 3 is 3.00 bits per heavy atom. The van der Waals surface area contributed by atoms with Gasteiger partial charge in [-0.15, -0.1) is 0 Å². The lowest BCUT2D eigenvalue weighted by Gasteiger charge is -2.21. The van der Waals surface area contributed by atoms with Crippen molar-refractivity contribution in [2.45, 2.75) is 57.5 Å². The van der Waals surface area contributed by atoms with Crippen LogP contribution in [-0.2, 0) is 17.9 Å². The quantitative estimate of drug-likeness (QED) is 0.810.